The number of fused-ring (bicyclic) bond motifs is 1. The van der Waals surface area contributed by atoms with Crippen LogP contribution < -0.4 is 9.64 Å². The number of nitrogens with one attached hydrogen (secondary N) is 1. The van der Waals surface area contributed by atoms with Gasteiger partial charge in [-0.25, -0.2) is 0 Å². The summed E-state index contributed by atoms with van der Waals surface area (Å²) in [6.45, 7) is 1.23. The predicted octanol–water partition coefficient (Wildman–Crippen LogP) is 3.13. The number of non-ortho nitro benzene ring substituents is 1. The summed E-state index contributed by atoms with van der Waals surface area (Å²) in [5.74, 6) is 0.285. The van der Waals surface area contributed by atoms with Crippen molar-refractivity contribution >= 4 is 17.5 Å². The van der Waals surface area contributed by atoms with Crippen molar-refractivity contribution in [1.29, 1.82) is 0 Å². The van der Waals surface area contributed by atoms with Crippen LogP contribution in [0.2, 0.25) is 0 Å². The molecule has 1 unspecified atom stereocenters. The fraction of sp³-hybridized carbons (Fsp3) is 0.125. The van der Waals surface area contributed by atoms with Gasteiger partial charge in [0.15, 0.2) is 11.5 Å². The van der Waals surface area contributed by atoms with E-state index in [-0.39, 0.29) is 23.0 Å². The number of hydrogen-bond donors (Lipinski definition) is 2. The average Bonchev–Trinajstić information content (AvgIpc) is 3.07. The Morgan fingerprint density at radius 3 is 2.42 bits per heavy atom. The van der Waals surface area contributed by atoms with Crippen LogP contribution >= 0.6 is 0 Å². The van der Waals surface area contributed by atoms with Gasteiger partial charge in [-0.15, -0.1) is 0 Å². The van der Waals surface area contributed by atoms with Gasteiger partial charge in [-0.3, -0.25) is 14.9 Å². The Bertz CT molecular complexity index is 1170. The maximum Gasteiger partial charge on any atom is 0.269 e. The van der Waals surface area contributed by atoms with Gasteiger partial charge in [0, 0.05) is 17.7 Å². The number of ether oxygens (including phenoxy) is 1. The number of aromatic hydroxyl groups is 1. The van der Waals surface area contributed by atoms with E-state index < -0.39 is 4.92 Å². The quantitative estimate of drug-likeness (QED) is 0.365. The summed E-state index contributed by atoms with van der Waals surface area (Å²) in [4.78, 5) is 24.3. The molecule has 0 spiro atoms. The van der Waals surface area contributed by atoms with Crippen molar-refractivity contribution in [1.82, 2.24) is 0 Å². The molecule has 3 aromatic carbocycles. The molecule has 4 rings (SSSR count). The number of allylic oxidation sites excluding steroid dienone is 1. The van der Waals surface area contributed by atoms with E-state index in [0.717, 1.165) is 11.4 Å². The van der Waals surface area contributed by atoms with Crippen LogP contribution in [0.15, 0.2) is 72.5 Å². The van der Waals surface area contributed by atoms with Crippen molar-refractivity contribution in [2.45, 2.75) is 13.1 Å². The maximum atomic E-state index is 12.8. The van der Waals surface area contributed by atoms with Crippen LogP contribution in [0.5, 0.6) is 11.5 Å². The molecule has 31 heavy (non-hydrogen) atoms. The summed E-state index contributed by atoms with van der Waals surface area (Å²) >= 11 is 0. The van der Waals surface area contributed by atoms with Gasteiger partial charge in [-0.05, 0) is 35.9 Å². The highest BCUT2D eigenvalue weighted by atomic mass is 16.6. The van der Waals surface area contributed by atoms with Crippen molar-refractivity contribution in [3.63, 3.8) is 0 Å². The molecule has 0 bridgehead atoms. The first-order chi connectivity index (χ1) is 14.9. The zero-order valence-corrected chi connectivity index (χ0v) is 16.9. The van der Waals surface area contributed by atoms with E-state index in [1.54, 1.807) is 24.3 Å². The van der Waals surface area contributed by atoms with Crippen LogP contribution in [-0.4, -0.2) is 22.9 Å². The van der Waals surface area contributed by atoms with Crippen molar-refractivity contribution in [3.8, 4) is 11.5 Å². The molecule has 1 heterocycles. The van der Waals surface area contributed by atoms with Crippen LogP contribution in [0.25, 0.3) is 6.08 Å². The number of benzene rings is 3. The molecule has 7 nitrogen and oxygen atoms in total. The third-order valence-corrected chi connectivity index (χ3v) is 5.15. The minimum atomic E-state index is -0.479. The molecule has 0 saturated heterocycles. The monoisotopic (exact) mass is 417 g/mol. The number of hydrogen-bond acceptors (Lipinski definition) is 5. The lowest BCUT2D eigenvalue weighted by Crippen LogP contribution is -3.06. The van der Waals surface area contributed by atoms with Gasteiger partial charge in [-0.1, -0.05) is 30.3 Å². The SMILES string of the molecule is C[NH+](Cc1ccccc1)Cc1c(O)ccc2c1O/C(=C\c1ccc([N+](=O)[O-])cc1)C2=O. The fourth-order valence-corrected chi connectivity index (χ4v) is 3.62. The lowest BCUT2D eigenvalue weighted by molar-refractivity contribution is -0.907. The molecule has 1 aliphatic rings. The molecule has 0 radical (unpaired) electrons. The highest BCUT2D eigenvalue weighted by Crippen LogP contribution is 2.39. The third kappa shape index (κ3) is 4.31. The Kier molecular flexibility index (Phi) is 5.51. The van der Waals surface area contributed by atoms with Crippen molar-refractivity contribution < 1.29 is 24.5 Å². The molecule has 1 aliphatic heterocycles. The van der Waals surface area contributed by atoms with Gasteiger partial charge in [-0.2, -0.15) is 0 Å². The molecule has 0 aromatic heterocycles. The molecular weight excluding hydrogens is 396 g/mol. The number of quaternary nitrogens is 1. The first-order valence-corrected chi connectivity index (χ1v) is 9.81. The second kappa shape index (κ2) is 8.41. The number of ketones is 1. The van der Waals surface area contributed by atoms with Crippen LogP contribution in [-0.2, 0) is 13.1 Å². The Morgan fingerprint density at radius 2 is 1.74 bits per heavy atom. The molecule has 0 saturated carbocycles. The minimum Gasteiger partial charge on any atom is -0.507 e. The number of nitrogens with zero attached hydrogens (tertiary/aromatic N) is 1. The summed E-state index contributed by atoms with van der Waals surface area (Å²) in [5, 5.41) is 21.3. The third-order valence-electron chi connectivity index (χ3n) is 5.15. The van der Waals surface area contributed by atoms with E-state index in [1.165, 1.54) is 23.8 Å². The summed E-state index contributed by atoms with van der Waals surface area (Å²) in [6, 6.07) is 19.0. The average molecular weight is 417 g/mol. The molecule has 1 atom stereocenters. The zero-order valence-electron chi connectivity index (χ0n) is 16.9. The second-order valence-corrected chi connectivity index (χ2v) is 7.52. The van der Waals surface area contributed by atoms with Crippen LogP contribution in [0.4, 0.5) is 5.69 Å². The molecule has 7 heteroatoms. The topological polar surface area (TPSA) is 94.1 Å². The van der Waals surface area contributed by atoms with Gasteiger partial charge < -0.3 is 14.7 Å². The zero-order chi connectivity index (χ0) is 22.0. The van der Waals surface area contributed by atoms with Crippen LogP contribution in [0, 0.1) is 10.1 Å². The summed E-state index contributed by atoms with van der Waals surface area (Å²) in [7, 11) is 2.01. The number of carbonyl (C=O) groups is 1. The Balaban J connectivity index is 1.58. The van der Waals surface area contributed by atoms with Gasteiger partial charge in [0.2, 0.25) is 5.78 Å². The van der Waals surface area contributed by atoms with Gasteiger partial charge in [0.05, 0.1) is 23.1 Å². The van der Waals surface area contributed by atoms with Crippen molar-refractivity contribution in [2.24, 2.45) is 0 Å². The van der Waals surface area contributed by atoms with E-state index in [4.69, 9.17) is 4.74 Å². The van der Waals surface area contributed by atoms with E-state index in [0.29, 0.717) is 29.0 Å². The van der Waals surface area contributed by atoms with E-state index >= 15 is 0 Å². The van der Waals surface area contributed by atoms with E-state index in [9.17, 15) is 20.0 Å². The first kappa shape index (κ1) is 20.3. The molecular formula is C24H21N2O5+. The minimum absolute atomic E-state index is 0.0271. The normalized spacial score (nSPS) is 14.9. The number of carbonyl (C=O) groups excluding carboxylic acids is 1. The summed E-state index contributed by atoms with van der Waals surface area (Å²) in [6.07, 6.45) is 1.55. The summed E-state index contributed by atoms with van der Waals surface area (Å²) < 4.78 is 5.87. The van der Waals surface area contributed by atoms with Crippen LogP contribution in [0.1, 0.15) is 27.0 Å². The lowest BCUT2D eigenvalue weighted by atomic mass is 10.0. The van der Waals surface area contributed by atoms with Crippen molar-refractivity contribution in [2.75, 3.05) is 7.05 Å². The fourth-order valence-electron chi connectivity index (χ4n) is 3.62. The molecule has 2 N–H and O–H groups in total. The lowest BCUT2D eigenvalue weighted by Gasteiger charge is -2.16. The largest absolute Gasteiger partial charge is 0.507 e. The Labute approximate surface area is 179 Å². The second-order valence-electron chi connectivity index (χ2n) is 7.52. The van der Waals surface area contributed by atoms with Gasteiger partial charge >= 0.3 is 0 Å². The van der Waals surface area contributed by atoms with E-state index in [1.807, 2.05) is 37.4 Å². The molecule has 3 aromatic rings. The van der Waals surface area contributed by atoms with Gasteiger partial charge in [0.25, 0.3) is 5.69 Å². The molecule has 0 aliphatic carbocycles. The molecule has 0 amide bonds. The number of phenols is 1. The standard InChI is InChI=1S/C24H20N2O5/c1-25(14-17-5-3-2-4-6-17)15-20-21(27)12-11-19-23(28)22(31-24(19)20)13-16-7-9-18(10-8-16)26(29)30/h2-13,27H,14-15H2,1H3/p+1/b22-13-. The number of Topliss-reactive ketones (excluding diaryl/α,β-unsaturated/α-hetero) is 1. The van der Waals surface area contributed by atoms with E-state index in [2.05, 4.69) is 0 Å². The highest BCUT2D eigenvalue weighted by molar-refractivity contribution is 6.15. The molecule has 0 fully saturated rings. The number of nitro groups is 1. The Hall–Kier alpha value is -3.97. The summed E-state index contributed by atoms with van der Waals surface area (Å²) in [5.41, 5.74) is 2.72. The smallest absolute Gasteiger partial charge is 0.269 e. The predicted molar refractivity (Wildman–Crippen MR) is 115 cm³/mol. The maximum absolute atomic E-state index is 12.8. The number of rotatable bonds is 6. The highest BCUT2D eigenvalue weighted by Gasteiger charge is 2.32. The number of nitro benzene ring substituents is 1. The number of phenolic OH excluding ortho intramolecular Hbond substituents is 1. The van der Waals surface area contributed by atoms with Crippen molar-refractivity contribution in [3.05, 3.63) is 105 Å². The van der Waals surface area contributed by atoms with Crippen LogP contribution in [0.3, 0.4) is 0 Å². The molecule has 156 valence electrons. The Morgan fingerprint density at radius 1 is 1.03 bits per heavy atom. The first-order valence-electron chi connectivity index (χ1n) is 9.81. The van der Waals surface area contributed by atoms with Gasteiger partial charge in [0.1, 0.15) is 18.8 Å².